The lowest BCUT2D eigenvalue weighted by Crippen LogP contribution is -2.46. The Morgan fingerprint density at radius 3 is 2.30 bits per heavy atom. The molecule has 0 saturated heterocycles. The Labute approximate surface area is 134 Å². The molecule has 0 bridgehead atoms. The number of nitrogens with one attached hydrogen (secondary N) is 2. The molecule has 2 aromatic carbocycles. The molecule has 0 spiro atoms. The van der Waals surface area contributed by atoms with E-state index in [0.29, 0.717) is 11.4 Å². The van der Waals surface area contributed by atoms with E-state index in [1.54, 1.807) is 12.1 Å². The lowest BCUT2D eigenvalue weighted by molar-refractivity contribution is -0.133. The largest absolute Gasteiger partial charge is 0.325 e. The highest BCUT2D eigenvalue weighted by Crippen LogP contribution is 2.30. The van der Waals surface area contributed by atoms with Crippen molar-refractivity contribution in [2.24, 2.45) is 11.0 Å². The third kappa shape index (κ3) is 3.13. The molecule has 5 nitrogen and oxygen atoms in total. The summed E-state index contributed by atoms with van der Waals surface area (Å²) in [6.45, 7) is 1.82. The monoisotopic (exact) mass is 307 g/mol. The second kappa shape index (κ2) is 6.44. The fourth-order valence-corrected chi connectivity index (χ4v) is 2.78. The average molecular weight is 307 g/mol. The molecule has 0 aliphatic carbocycles. The van der Waals surface area contributed by atoms with Crippen LogP contribution in [0.25, 0.3) is 0 Å². The minimum atomic E-state index is -0.852. The third-order valence-corrected chi connectivity index (χ3v) is 3.89. The fraction of sp³-hybridized carbons (Fsp3) is 0.167. The molecule has 2 aromatic rings. The molecule has 0 fully saturated rings. The van der Waals surface area contributed by atoms with Crippen molar-refractivity contribution < 1.29 is 9.59 Å². The van der Waals surface area contributed by atoms with Crippen LogP contribution >= 0.6 is 0 Å². The second-order valence-corrected chi connectivity index (χ2v) is 5.45. The van der Waals surface area contributed by atoms with Gasteiger partial charge in [0.1, 0.15) is 5.92 Å². The summed E-state index contributed by atoms with van der Waals surface area (Å²) in [7, 11) is 0. The molecule has 2 atom stereocenters. The van der Waals surface area contributed by atoms with E-state index < -0.39 is 11.8 Å². The minimum absolute atomic E-state index is 0.336. The Morgan fingerprint density at radius 1 is 1.04 bits per heavy atom. The van der Waals surface area contributed by atoms with E-state index in [1.165, 1.54) is 0 Å². The molecular formula is C18H17N3O2. The molecule has 0 saturated carbocycles. The van der Waals surface area contributed by atoms with E-state index in [-0.39, 0.29) is 11.8 Å². The number of rotatable bonds is 3. The van der Waals surface area contributed by atoms with Gasteiger partial charge in [-0.2, -0.15) is 5.10 Å². The first-order valence-electron chi connectivity index (χ1n) is 7.41. The summed E-state index contributed by atoms with van der Waals surface area (Å²) >= 11 is 0. The van der Waals surface area contributed by atoms with E-state index in [0.717, 1.165) is 5.56 Å². The van der Waals surface area contributed by atoms with Crippen LogP contribution in [0.5, 0.6) is 0 Å². The highest BCUT2D eigenvalue weighted by molar-refractivity contribution is 6.13. The molecule has 23 heavy (non-hydrogen) atoms. The van der Waals surface area contributed by atoms with Crippen molar-refractivity contribution in [3.8, 4) is 0 Å². The van der Waals surface area contributed by atoms with Crippen LogP contribution in [0.4, 0.5) is 5.69 Å². The zero-order chi connectivity index (χ0) is 16.2. The maximum Gasteiger partial charge on any atom is 0.253 e. The van der Waals surface area contributed by atoms with Crippen molar-refractivity contribution in [2.75, 3.05) is 5.32 Å². The van der Waals surface area contributed by atoms with E-state index in [4.69, 9.17) is 0 Å². The molecule has 116 valence electrons. The number of hydrogen-bond acceptors (Lipinski definition) is 3. The van der Waals surface area contributed by atoms with Crippen molar-refractivity contribution in [2.45, 2.75) is 12.8 Å². The van der Waals surface area contributed by atoms with Crippen LogP contribution in [0.2, 0.25) is 0 Å². The predicted octanol–water partition coefficient (Wildman–Crippen LogP) is 2.53. The molecule has 0 radical (unpaired) electrons. The molecule has 0 aromatic heterocycles. The van der Waals surface area contributed by atoms with Gasteiger partial charge in [0.15, 0.2) is 0 Å². The summed E-state index contributed by atoms with van der Waals surface area (Å²) in [5.41, 5.74) is 4.71. The van der Waals surface area contributed by atoms with E-state index in [2.05, 4.69) is 15.8 Å². The number of hydrazone groups is 1. The molecule has 2 unspecified atom stereocenters. The Bertz CT molecular complexity index is 741. The van der Waals surface area contributed by atoms with Gasteiger partial charge in [-0.25, -0.2) is 5.43 Å². The van der Waals surface area contributed by atoms with Gasteiger partial charge < -0.3 is 5.32 Å². The third-order valence-electron chi connectivity index (χ3n) is 3.89. The summed E-state index contributed by atoms with van der Waals surface area (Å²) in [6, 6.07) is 18.6. The van der Waals surface area contributed by atoms with Crippen molar-refractivity contribution in [3.05, 3.63) is 66.2 Å². The lowest BCUT2D eigenvalue weighted by atomic mass is 9.81. The van der Waals surface area contributed by atoms with Gasteiger partial charge in [0.05, 0.1) is 0 Å². The number of anilines is 1. The van der Waals surface area contributed by atoms with Crippen LogP contribution in [-0.4, -0.2) is 17.5 Å². The van der Waals surface area contributed by atoms with E-state index in [9.17, 15) is 9.59 Å². The van der Waals surface area contributed by atoms with Gasteiger partial charge in [-0.3, -0.25) is 9.59 Å². The Balaban J connectivity index is 1.92. The van der Waals surface area contributed by atoms with Gasteiger partial charge in [0, 0.05) is 17.3 Å². The lowest BCUT2D eigenvalue weighted by Gasteiger charge is -2.28. The highest BCUT2D eigenvalue weighted by atomic mass is 16.2. The number of carbonyl (C=O) groups excluding carboxylic acids is 2. The van der Waals surface area contributed by atoms with Crippen molar-refractivity contribution in [3.63, 3.8) is 0 Å². The summed E-state index contributed by atoms with van der Waals surface area (Å²) in [5, 5.41) is 6.85. The predicted molar refractivity (Wildman–Crippen MR) is 89.0 cm³/mol. The first-order valence-corrected chi connectivity index (χ1v) is 7.41. The van der Waals surface area contributed by atoms with Gasteiger partial charge in [0.25, 0.3) is 5.91 Å². The number of nitrogens with zero attached hydrogens (tertiary/aromatic N) is 1. The Kier molecular flexibility index (Phi) is 4.19. The summed E-state index contributed by atoms with van der Waals surface area (Å²) in [5.74, 6) is -1.95. The van der Waals surface area contributed by atoms with Crippen LogP contribution in [0.1, 0.15) is 18.4 Å². The number of hydrogen-bond donors (Lipinski definition) is 2. The molecule has 1 heterocycles. The van der Waals surface area contributed by atoms with Crippen molar-refractivity contribution in [1.82, 2.24) is 5.43 Å². The maximum atomic E-state index is 12.7. The van der Waals surface area contributed by atoms with Gasteiger partial charge >= 0.3 is 0 Å². The van der Waals surface area contributed by atoms with E-state index >= 15 is 0 Å². The smallest absolute Gasteiger partial charge is 0.253 e. The summed E-state index contributed by atoms with van der Waals surface area (Å²) in [4.78, 5) is 25.0. The van der Waals surface area contributed by atoms with Gasteiger partial charge in [-0.1, -0.05) is 48.5 Å². The quantitative estimate of drug-likeness (QED) is 0.855. The number of para-hydroxylation sites is 1. The molecule has 1 aliphatic rings. The molecular weight excluding hydrogens is 290 g/mol. The van der Waals surface area contributed by atoms with Gasteiger partial charge in [-0.15, -0.1) is 0 Å². The second-order valence-electron chi connectivity index (χ2n) is 5.45. The zero-order valence-corrected chi connectivity index (χ0v) is 12.7. The number of amides is 2. The molecule has 5 heteroatoms. The summed E-state index contributed by atoms with van der Waals surface area (Å²) < 4.78 is 0. The number of benzene rings is 2. The normalized spacial score (nSPS) is 20.4. The van der Waals surface area contributed by atoms with E-state index in [1.807, 2.05) is 55.5 Å². The van der Waals surface area contributed by atoms with Gasteiger partial charge in [-0.05, 0) is 24.6 Å². The first-order chi connectivity index (χ1) is 11.2. The van der Waals surface area contributed by atoms with Crippen LogP contribution in [0.15, 0.2) is 65.8 Å². The Hall–Kier alpha value is -2.95. The average Bonchev–Trinajstić information content (AvgIpc) is 2.58. The topological polar surface area (TPSA) is 70.6 Å². The van der Waals surface area contributed by atoms with Crippen molar-refractivity contribution >= 4 is 23.2 Å². The molecule has 2 N–H and O–H groups in total. The zero-order valence-electron chi connectivity index (χ0n) is 12.7. The molecule has 1 aliphatic heterocycles. The number of carbonyl (C=O) groups is 2. The highest BCUT2D eigenvalue weighted by Gasteiger charge is 2.40. The van der Waals surface area contributed by atoms with Gasteiger partial charge in [0.2, 0.25) is 5.91 Å². The molecule has 2 amide bonds. The molecule has 3 rings (SSSR count). The first kappa shape index (κ1) is 15.0. The maximum absolute atomic E-state index is 12.7. The Morgan fingerprint density at radius 2 is 1.65 bits per heavy atom. The SMILES string of the molecule is CC1=NNC(=O)C(C(=O)Nc2ccccc2)C1c1ccccc1. The van der Waals surface area contributed by atoms with Crippen LogP contribution < -0.4 is 10.7 Å². The minimum Gasteiger partial charge on any atom is -0.325 e. The summed E-state index contributed by atoms with van der Waals surface area (Å²) in [6.07, 6.45) is 0. The fourth-order valence-electron chi connectivity index (χ4n) is 2.78. The van der Waals surface area contributed by atoms with Crippen molar-refractivity contribution in [1.29, 1.82) is 0 Å². The standard InChI is InChI=1S/C18H17N3O2/c1-12-15(13-8-4-2-5-9-13)16(18(23)21-20-12)17(22)19-14-10-6-3-7-11-14/h2-11,15-16H,1H3,(H,19,22)(H,21,23). The van der Waals surface area contributed by atoms with Crippen LogP contribution in [-0.2, 0) is 9.59 Å². The van der Waals surface area contributed by atoms with Crippen LogP contribution in [0, 0.1) is 5.92 Å². The van der Waals surface area contributed by atoms with Crippen LogP contribution in [0.3, 0.4) is 0 Å².